The maximum Gasteiger partial charge on any atom is 0.270 e. The molecule has 0 bridgehead atoms. The van der Waals surface area contributed by atoms with E-state index in [2.05, 4.69) is 0 Å². The van der Waals surface area contributed by atoms with Crippen LogP contribution in [0, 0.1) is 10.1 Å². The summed E-state index contributed by atoms with van der Waals surface area (Å²) in [7, 11) is 1.83. The average Bonchev–Trinajstić information content (AvgIpc) is 2.57. The lowest BCUT2D eigenvalue weighted by atomic mass is 10.0. The van der Waals surface area contributed by atoms with Crippen molar-refractivity contribution in [3.63, 3.8) is 0 Å². The van der Waals surface area contributed by atoms with Crippen molar-refractivity contribution >= 4 is 5.69 Å². The average molecular weight is 306 g/mol. The third kappa shape index (κ3) is 2.89. The molecule has 0 unspecified atom stereocenters. The predicted octanol–water partition coefficient (Wildman–Crippen LogP) is 3.63. The summed E-state index contributed by atoms with van der Waals surface area (Å²) in [6, 6.07) is 15.5. The number of pyridine rings is 1. The molecule has 3 aromatic rings. The zero-order valence-corrected chi connectivity index (χ0v) is 12.5. The molecular formula is C18H14N2O3. The lowest BCUT2D eigenvalue weighted by Crippen LogP contribution is -2.11. The van der Waals surface area contributed by atoms with E-state index in [0.29, 0.717) is 16.7 Å². The fraction of sp³-hybridized carbons (Fsp3) is 0.0556. The lowest BCUT2D eigenvalue weighted by molar-refractivity contribution is -0.384. The molecule has 0 atom stereocenters. The monoisotopic (exact) mass is 306 g/mol. The van der Waals surface area contributed by atoms with E-state index in [9.17, 15) is 14.9 Å². The summed E-state index contributed by atoms with van der Waals surface area (Å²) in [5.41, 5.74) is 2.19. The highest BCUT2D eigenvalue weighted by molar-refractivity contribution is 5.72. The van der Waals surface area contributed by atoms with Crippen LogP contribution in [-0.2, 0) is 7.05 Å². The first kappa shape index (κ1) is 14.7. The molecule has 0 amide bonds. The Bertz CT molecular complexity index is 930. The maximum atomic E-state index is 12.8. The van der Waals surface area contributed by atoms with Crippen LogP contribution in [0.2, 0.25) is 0 Å². The van der Waals surface area contributed by atoms with E-state index in [1.165, 1.54) is 12.1 Å². The summed E-state index contributed by atoms with van der Waals surface area (Å²) in [4.78, 5) is 23.3. The number of nitrogens with zero attached hydrogens (tertiary/aromatic N) is 2. The molecule has 2 aromatic carbocycles. The molecule has 0 saturated heterocycles. The number of nitro benzene ring substituents is 1. The second-order valence-electron chi connectivity index (χ2n) is 5.25. The Kier molecular flexibility index (Phi) is 3.76. The molecule has 5 nitrogen and oxygen atoms in total. The number of benzene rings is 2. The van der Waals surface area contributed by atoms with E-state index in [1.807, 2.05) is 37.4 Å². The highest BCUT2D eigenvalue weighted by atomic mass is 16.6. The molecule has 3 rings (SSSR count). The fourth-order valence-electron chi connectivity index (χ4n) is 2.52. The Hall–Kier alpha value is -3.21. The molecule has 5 heteroatoms. The predicted molar refractivity (Wildman–Crippen MR) is 89.2 cm³/mol. The quantitative estimate of drug-likeness (QED) is 0.548. The molecule has 0 N–H and O–H groups in total. The van der Waals surface area contributed by atoms with Gasteiger partial charge in [-0.3, -0.25) is 14.9 Å². The van der Waals surface area contributed by atoms with Crippen LogP contribution in [0.15, 0.2) is 71.8 Å². The summed E-state index contributed by atoms with van der Waals surface area (Å²) in [5.74, 6) is 0. The number of aromatic nitrogens is 1. The van der Waals surface area contributed by atoms with Crippen molar-refractivity contribution in [1.29, 1.82) is 0 Å². The molecule has 0 spiro atoms. The molecule has 0 aliphatic carbocycles. The van der Waals surface area contributed by atoms with Crippen LogP contribution >= 0.6 is 0 Å². The van der Waals surface area contributed by atoms with Crippen LogP contribution in [-0.4, -0.2) is 9.49 Å². The first-order chi connectivity index (χ1) is 11.1. The van der Waals surface area contributed by atoms with Gasteiger partial charge in [0.25, 0.3) is 5.69 Å². The fourth-order valence-corrected chi connectivity index (χ4v) is 2.52. The first-order valence-corrected chi connectivity index (χ1v) is 7.07. The number of nitro groups is 1. The van der Waals surface area contributed by atoms with Gasteiger partial charge in [-0.15, -0.1) is 0 Å². The molecule has 0 aliphatic rings. The number of hydrogen-bond donors (Lipinski definition) is 0. The van der Waals surface area contributed by atoms with Gasteiger partial charge in [0.2, 0.25) is 0 Å². The van der Waals surface area contributed by atoms with Gasteiger partial charge in [-0.1, -0.05) is 42.5 Å². The van der Waals surface area contributed by atoms with E-state index in [4.69, 9.17) is 0 Å². The Balaban J connectivity index is 2.22. The van der Waals surface area contributed by atoms with Crippen LogP contribution in [0.3, 0.4) is 0 Å². The molecule has 0 radical (unpaired) electrons. The highest BCUT2D eigenvalue weighted by Gasteiger charge is 2.13. The van der Waals surface area contributed by atoms with Crippen molar-refractivity contribution < 1.29 is 4.92 Å². The second-order valence-corrected chi connectivity index (χ2v) is 5.25. The largest absolute Gasteiger partial charge is 0.356 e. The summed E-state index contributed by atoms with van der Waals surface area (Å²) in [5, 5.41) is 10.9. The zero-order chi connectivity index (χ0) is 16.4. The standard InChI is InChI=1S/C18H14N2O3/c1-19-11-16(13-6-3-2-4-7-13)18(21)17(12-19)14-8-5-9-15(10-14)20(22)23/h2-12H,1H3. The second kappa shape index (κ2) is 5.88. The van der Waals surface area contributed by atoms with Crippen molar-refractivity contribution in [3.8, 4) is 22.3 Å². The van der Waals surface area contributed by atoms with Gasteiger partial charge in [0.1, 0.15) is 0 Å². The van der Waals surface area contributed by atoms with E-state index in [0.717, 1.165) is 5.56 Å². The molecule has 114 valence electrons. The van der Waals surface area contributed by atoms with Gasteiger partial charge in [0.05, 0.1) is 4.92 Å². The first-order valence-electron chi connectivity index (χ1n) is 7.07. The molecule has 1 aromatic heterocycles. The van der Waals surface area contributed by atoms with Crippen molar-refractivity contribution in [1.82, 2.24) is 4.57 Å². The Labute approximate surface area is 132 Å². The van der Waals surface area contributed by atoms with E-state index in [1.54, 1.807) is 29.1 Å². The topological polar surface area (TPSA) is 65.1 Å². The Morgan fingerprint density at radius 1 is 0.913 bits per heavy atom. The lowest BCUT2D eigenvalue weighted by Gasteiger charge is -2.09. The molecular weight excluding hydrogens is 292 g/mol. The van der Waals surface area contributed by atoms with E-state index >= 15 is 0 Å². The number of hydrogen-bond acceptors (Lipinski definition) is 3. The molecule has 0 fully saturated rings. The van der Waals surface area contributed by atoms with Gasteiger partial charge in [-0.25, -0.2) is 0 Å². The zero-order valence-electron chi connectivity index (χ0n) is 12.5. The third-order valence-electron chi connectivity index (χ3n) is 3.61. The van der Waals surface area contributed by atoms with Gasteiger partial charge < -0.3 is 4.57 Å². The smallest absolute Gasteiger partial charge is 0.270 e. The summed E-state index contributed by atoms with van der Waals surface area (Å²) >= 11 is 0. The van der Waals surface area contributed by atoms with Gasteiger partial charge in [-0.05, 0) is 11.1 Å². The molecule has 0 saturated carbocycles. The molecule has 0 aliphatic heterocycles. The highest BCUT2D eigenvalue weighted by Crippen LogP contribution is 2.24. The van der Waals surface area contributed by atoms with Gasteiger partial charge >= 0.3 is 0 Å². The van der Waals surface area contributed by atoms with E-state index < -0.39 is 4.92 Å². The summed E-state index contributed by atoms with van der Waals surface area (Å²) in [6.45, 7) is 0. The van der Waals surface area contributed by atoms with Crippen LogP contribution in [0.5, 0.6) is 0 Å². The van der Waals surface area contributed by atoms with Crippen molar-refractivity contribution in [2.24, 2.45) is 7.05 Å². The van der Waals surface area contributed by atoms with E-state index in [-0.39, 0.29) is 11.1 Å². The minimum Gasteiger partial charge on any atom is -0.356 e. The molecule has 23 heavy (non-hydrogen) atoms. The number of aryl methyl sites for hydroxylation is 1. The maximum absolute atomic E-state index is 12.8. The van der Waals surface area contributed by atoms with Crippen molar-refractivity contribution in [2.75, 3.05) is 0 Å². The summed E-state index contributed by atoms with van der Waals surface area (Å²) < 4.78 is 1.79. The van der Waals surface area contributed by atoms with Crippen LogP contribution in [0.1, 0.15) is 0 Å². The number of non-ortho nitro benzene ring substituents is 1. The normalized spacial score (nSPS) is 10.5. The SMILES string of the molecule is Cn1cc(-c2ccccc2)c(=O)c(-c2cccc([N+](=O)[O-])c2)c1. The Morgan fingerprint density at radius 3 is 2.17 bits per heavy atom. The van der Waals surface area contributed by atoms with Crippen LogP contribution < -0.4 is 5.43 Å². The third-order valence-corrected chi connectivity index (χ3v) is 3.61. The minimum atomic E-state index is -0.463. The molecule has 1 heterocycles. The minimum absolute atomic E-state index is 0.0327. The van der Waals surface area contributed by atoms with Crippen molar-refractivity contribution in [3.05, 3.63) is 87.3 Å². The van der Waals surface area contributed by atoms with Gasteiger partial charge in [-0.2, -0.15) is 0 Å². The van der Waals surface area contributed by atoms with Gasteiger partial charge in [0, 0.05) is 42.7 Å². The Morgan fingerprint density at radius 2 is 1.52 bits per heavy atom. The summed E-state index contributed by atoms with van der Waals surface area (Å²) in [6.07, 6.45) is 3.45. The van der Waals surface area contributed by atoms with Crippen LogP contribution in [0.25, 0.3) is 22.3 Å². The van der Waals surface area contributed by atoms with Crippen LogP contribution in [0.4, 0.5) is 5.69 Å². The van der Waals surface area contributed by atoms with Crippen molar-refractivity contribution in [2.45, 2.75) is 0 Å². The number of rotatable bonds is 3. The van der Waals surface area contributed by atoms with Gasteiger partial charge in [0.15, 0.2) is 5.43 Å².